The van der Waals surface area contributed by atoms with E-state index in [1.165, 1.54) is 19.3 Å². The predicted octanol–water partition coefficient (Wildman–Crippen LogP) is 4.13. The summed E-state index contributed by atoms with van der Waals surface area (Å²) >= 11 is 0. The number of allylic oxidation sites excluding steroid dienone is 2. The van der Waals surface area contributed by atoms with Gasteiger partial charge < -0.3 is 4.79 Å². The zero-order valence-electron chi connectivity index (χ0n) is 9.88. The molecule has 0 aliphatic heterocycles. The Morgan fingerprint density at radius 3 is 2.57 bits per heavy atom. The van der Waals surface area contributed by atoms with Gasteiger partial charge in [-0.3, -0.25) is 0 Å². The number of ketones is 1. The molecule has 0 saturated heterocycles. The Hall–Kier alpha value is -0.590. The maximum atomic E-state index is 10.8. The highest BCUT2D eigenvalue weighted by Crippen LogP contribution is 2.13. The number of carbonyl (C=O) groups is 1. The van der Waals surface area contributed by atoms with Gasteiger partial charge in [-0.15, -0.1) is 0 Å². The highest BCUT2D eigenvalue weighted by Gasteiger charge is 2.02. The van der Waals surface area contributed by atoms with E-state index in [9.17, 15) is 4.79 Å². The Balaban J connectivity index is 3.66. The average Bonchev–Trinajstić information content (AvgIpc) is 2.16. The molecule has 1 unspecified atom stereocenters. The smallest absolute Gasteiger partial charge is 0.129 e. The molecule has 0 bridgehead atoms. The van der Waals surface area contributed by atoms with Gasteiger partial charge in [0.25, 0.3) is 0 Å². The molecule has 1 atom stereocenters. The first kappa shape index (κ1) is 13.4. The maximum absolute atomic E-state index is 10.8. The first-order valence-corrected chi connectivity index (χ1v) is 5.86. The van der Waals surface area contributed by atoms with Crippen molar-refractivity contribution in [2.45, 2.75) is 59.3 Å². The van der Waals surface area contributed by atoms with Gasteiger partial charge in [-0.2, -0.15) is 0 Å². The number of Topliss-reactive ketones (excluding diaryl/α,β-unsaturated/α-hetero) is 1. The van der Waals surface area contributed by atoms with E-state index >= 15 is 0 Å². The molecule has 0 rings (SSSR count). The Bertz CT molecular complexity index is 170. The third-order valence-corrected chi connectivity index (χ3v) is 2.52. The molecule has 0 spiro atoms. The summed E-state index contributed by atoms with van der Waals surface area (Å²) in [6.45, 7) is 6.07. The fourth-order valence-electron chi connectivity index (χ4n) is 1.44. The van der Waals surface area contributed by atoms with Crippen LogP contribution < -0.4 is 0 Å². The molecule has 0 heterocycles. The van der Waals surface area contributed by atoms with Gasteiger partial charge in [-0.05, 0) is 32.1 Å². The van der Waals surface area contributed by atoms with Gasteiger partial charge in [0, 0.05) is 6.42 Å². The summed E-state index contributed by atoms with van der Waals surface area (Å²) in [5.74, 6) is 0.918. The first-order valence-electron chi connectivity index (χ1n) is 5.86. The van der Waals surface area contributed by atoms with E-state index in [1.54, 1.807) is 6.92 Å². The van der Waals surface area contributed by atoms with Crippen molar-refractivity contribution in [3.63, 3.8) is 0 Å². The molecule has 0 aliphatic rings. The third kappa shape index (κ3) is 8.03. The van der Waals surface area contributed by atoms with Crippen LogP contribution in [0.3, 0.4) is 0 Å². The zero-order chi connectivity index (χ0) is 10.8. The lowest BCUT2D eigenvalue weighted by Gasteiger charge is -2.07. The Morgan fingerprint density at radius 1 is 1.36 bits per heavy atom. The topological polar surface area (TPSA) is 17.1 Å². The van der Waals surface area contributed by atoms with Gasteiger partial charge in [-0.25, -0.2) is 0 Å². The summed E-state index contributed by atoms with van der Waals surface area (Å²) in [6.07, 6.45) is 11.2. The van der Waals surface area contributed by atoms with Crippen LogP contribution in [0.15, 0.2) is 12.2 Å². The van der Waals surface area contributed by atoms with Crippen molar-refractivity contribution in [1.82, 2.24) is 0 Å². The molecule has 0 aromatic carbocycles. The van der Waals surface area contributed by atoms with Crippen molar-refractivity contribution in [3.05, 3.63) is 12.2 Å². The van der Waals surface area contributed by atoms with E-state index in [0.717, 1.165) is 19.3 Å². The molecule has 0 radical (unpaired) electrons. The summed E-state index contributed by atoms with van der Waals surface area (Å²) in [5, 5.41) is 0. The van der Waals surface area contributed by atoms with E-state index in [2.05, 4.69) is 26.0 Å². The molecule has 0 aromatic heterocycles. The number of hydrogen-bond acceptors (Lipinski definition) is 1. The van der Waals surface area contributed by atoms with Crippen molar-refractivity contribution in [2.24, 2.45) is 5.92 Å². The van der Waals surface area contributed by atoms with Crippen molar-refractivity contribution in [3.8, 4) is 0 Å². The minimum absolute atomic E-state index is 0.311. The standard InChI is InChI=1S/C13H24O/c1-4-6-7-8-9-13(5-2)11-10-12(3)14/h8-9,13H,4-7,10-11H2,1-3H3. The molecule has 0 aromatic rings. The lowest BCUT2D eigenvalue weighted by Crippen LogP contribution is -1.98. The molecule has 0 aliphatic carbocycles. The molecule has 0 fully saturated rings. The summed E-state index contributed by atoms with van der Waals surface area (Å²) < 4.78 is 0. The molecule has 0 saturated carbocycles. The lowest BCUT2D eigenvalue weighted by molar-refractivity contribution is -0.117. The summed E-state index contributed by atoms with van der Waals surface area (Å²) in [5.41, 5.74) is 0. The molecule has 1 heteroatoms. The van der Waals surface area contributed by atoms with E-state index in [1.807, 2.05) is 0 Å². The van der Waals surface area contributed by atoms with Crippen LogP contribution in [-0.4, -0.2) is 5.78 Å². The van der Waals surface area contributed by atoms with E-state index < -0.39 is 0 Å². The van der Waals surface area contributed by atoms with Gasteiger partial charge in [0.2, 0.25) is 0 Å². The number of unbranched alkanes of at least 4 members (excludes halogenated alkanes) is 2. The Morgan fingerprint density at radius 2 is 2.07 bits per heavy atom. The van der Waals surface area contributed by atoms with Crippen molar-refractivity contribution in [2.75, 3.05) is 0 Å². The minimum atomic E-state index is 0.311. The monoisotopic (exact) mass is 196 g/mol. The molecule has 14 heavy (non-hydrogen) atoms. The molecule has 1 nitrogen and oxygen atoms in total. The van der Waals surface area contributed by atoms with Gasteiger partial charge in [-0.1, -0.05) is 38.8 Å². The number of hydrogen-bond donors (Lipinski definition) is 0. The third-order valence-electron chi connectivity index (χ3n) is 2.52. The van der Waals surface area contributed by atoms with Gasteiger partial charge in [0.1, 0.15) is 5.78 Å². The van der Waals surface area contributed by atoms with Gasteiger partial charge in [0.15, 0.2) is 0 Å². The normalized spacial score (nSPS) is 13.4. The summed E-state index contributed by atoms with van der Waals surface area (Å²) in [6, 6.07) is 0. The van der Waals surface area contributed by atoms with E-state index in [0.29, 0.717) is 11.7 Å². The number of carbonyl (C=O) groups excluding carboxylic acids is 1. The zero-order valence-corrected chi connectivity index (χ0v) is 9.88. The lowest BCUT2D eigenvalue weighted by atomic mass is 9.98. The summed E-state index contributed by atoms with van der Waals surface area (Å²) in [4.78, 5) is 10.8. The van der Waals surface area contributed by atoms with Crippen LogP contribution in [-0.2, 0) is 4.79 Å². The van der Waals surface area contributed by atoms with Crippen molar-refractivity contribution < 1.29 is 4.79 Å². The maximum Gasteiger partial charge on any atom is 0.129 e. The first-order chi connectivity index (χ1) is 6.70. The highest BCUT2D eigenvalue weighted by atomic mass is 16.1. The van der Waals surface area contributed by atoms with Crippen LogP contribution in [0.25, 0.3) is 0 Å². The quantitative estimate of drug-likeness (QED) is 0.421. The van der Waals surface area contributed by atoms with Crippen molar-refractivity contribution >= 4 is 5.78 Å². The van der Waals surface area contributed by atoms with Crippen LogP contribution in [0.5, 0.6) is 0 Å². The molecule has 82 valence electrons. The second kappa shape index (κ2) is 8.98. The van der Waals surface area contributed by atoms with Crippen LogP contribution in [0, 0.1) is 5.92 Å². The van der Waals surface area contributed by atoms with Gasteiger partial charge >= 0.3 is 0 Å². The minimum Gasteiger partial charge on any atom is -0.300 e. The second-order valence-electron chi connectivity index (χ2n) is 3.98. The SMILES string of the molecule is CCCCC=CC(CC)CCC(C)=O. The fraction of sp³-hybridized carbons (Fsp3) is 0.769. The van der Waals surface area contributed by atoms with E-state index in [4.69, 9.17) is 0 Å². The average molecular weight is 196 g/mol. The molecular formula is C13H24O. The van der Waals surface area contributed by atoms with Crippen LogP contribution in [0.2, 0.25) is 0 Å². The van der Waals surface area contributed by atoms with Crippen molar-refractivity contribution in [1.29, 1.82) is 0 Å². The van der Waals surface area contributed by atoms with Crippen LogP contribution in [0.1, 0.15) is 59.3 Å². The van der Waals surface area contributed by atoms with Crippen LogP contribution in [0.4, 0.5) is 0 Å². The van der Waals surface area contributed by atoms with E-state index in [-0.39, 0.29) is 0 Å². The predicted molar refractivity (Wildman–Crippen MR) is 62.4 cm³/mol. The van der Waals surface area contributed by atoms with Crippen LogP contribution >= 0.6 is 0 Å². The summed E-state index contributed by atoms with van der Waals surface area (Å²) in [7, 11) is 0. The fourth-order valence-corrected chi connectivity index (χ4v) is 1.44. The Kier molecular flexibility index (Phi) is 8.61. The largest absolute Gasteiger partial charge is 0.300 e. The Labute approximate surface area is 88.6 Å². The molecule has 0 N–H and O–H groups in total. The second-order valence-corrected chi connectivity index (χ2v) is 3.98. The molecule has 0 amide bonds. The van der Waals surface area contributed by atoms with Gasteiger partial charge in [0.05, 0.1) is 0 Å². The molecular weight excluding hydrogens is 172 g/mol. The number of rotatable bonds is 8. The highest BCUT2D eigenvalue weighted by molar-refractivity contribution is 5.75.